The van der Waals surface area contributed by atoms with E-state index in [9.17, 15) is 10.1 Å². The molecule has 3 aromatic rings. The van der Waals surface area contributed by atoms with Gasteiger partial charge in [0.2, 0.25) is 0 Å². The first-order valence-electron chi connectivity index (χ1n) is 8.57. The molecule has 0 aliphatic rings. The van der Waals surface area contributed by atoms with Gasteiger partial charge in [-0.2, -0.15) is 0 Å². The molecule has 0 fully saturated rings. The fourth-order valence-corrected chi connectivity index (χ4v) is 3.39. The molecule has 0 spiro atoms. The van der Waals surface area contributed by atoms with Crippen molar-refractivity contribution in [2.24, 2.45) is 0 Å². The summed E-state index contributed by atoms with van der Waals surface area (Å²) in [6, 6.07) is 16.4. The summed E-state index contributed by atoms with van der Waals surface area (Å²) in [6.07, 6.45) is 0.832. The van der Waals surface area contributed by atoms with Crippen LogP contribution in [0.25, 0.3) is 0 Å². The number of non-ortho nitro benzene ring substituents is 1. The molecule has 0 atom stereocenters. The van der Waals surface area contributed by atoms with E-state index in [0.717, 1.165) is 29.7 Å². The fraction of sp³-hybridized carbons (Fsp3) is 0.263. The summed E-state index contributed by atoms with van der Waals surface area (Å²) in [6.45, 7) is 3.25. The first-order chi connectivity index (χ1) is 13.1. The average molecular weight is 384 g/mol. The molecule has 0 N–H and O–H groups in total. The predicted molar refractivity (Wildman–Crippen MR) is 104 cm³/mol. The van der Waals surface area contributed by atoms with Crippen LogP contribution in [0.2, 0.25) is 0 Å². The lowest BCUT2D eigenvalue weighted by atomic mass is 10.2. The van der Waals surface area contributed by atoms with Crippen molar-refractivity contribution >= 4 is 17.4 Å². The first kappa shape index (κ1) is 18.9. The van der Waals surface area contributed by atoms with Gasteiger partial charge in [-0.15, -0.1) is 10.2 Å². The molecule has 7 nitrogen and oxygen atoms in total. The Morgan fingerprint density at radius 3 is 2.56 bits per heavy atom. The maximum absolute atomic E-state index is 10.6. The van der Waals surface area contributed by atoms with Crippen molar-refractivity contribution in [2.45, 2.75) is 25.0 Å². The second-order valence-corrected chi connectivity index (χ2v) is 6.97. The van der Waals surface area contributed by atoms with Gasteiger partial charge in [-0.1, -0.05) is 42.1 Å². The second kappa shape index (κ2) is 9.18. The lowest BCUT2D eigenvalue weighted by molar-refractivity contribution is -0.384. The van der Waals surface area contributed by atoms with Gasteiger partial charge in [0.1, 0.15) is 11.6 Å². The van der Waals surface area contributed by atoms with Gasteiger partial charge in [-0.3, -0.25) is 10.1 Å². The standard InChI is InChI=1S/C19H20N4O3S/c1-15-20-21-19(22(15)14-16-6-3-2-4-7-16)27-13-5-12-26-18-10-8-17(9-11-18)23(24)25/h2-4,6-11H,5,12-14H2,1H3. The van der Waals surface area contributed by atoms with E-state index >= 15 is 0 Å². The van der Waals surface area contributed by atoms with Crippen LogP contribution in [-0.4, -0.2) is 32.0 Å². The highest BCUT2D eigenvalue weighted by atomic mass is 32.2. The number of nitro benzene ring substituents is 1. The van der Waals surface area contributed by atoms with Gasteiger partial charge in [0.15, 0.2) is 5.16 Å². The first-order valence-corrected chi connectivity index (χ1v) is 9.56. The molecule has 0 bridgehead atoms. The number of aromatic nitrogens is 3. The summed E-state index contributed by atoms with van der Waals surface area (Å²) < 4.78 is 7.74. The molecule has 2 aromatic carbocycles. The van der Waals surface area contributed by atoms with Crippen LogP contribution in [0.5, 0.6) is 5.75 Å². The Balaban J connectivity index is 1.46. The van der Waals surface area contributed by atoms with Crippen molar-refractivity contribution in [1.82, 2.24) is 14.8 Å². The van der Waals surface area contributed by atoms with Crippen molar-refractivity contribution in [1.29, 1.82) is 0 Å². The largest absolute Gasteiger partial charge is 0.494 e. The zero-order valence-electron chi connectivity index (χ0n) is 14.9. The fourth-order valence-electron chi connectivity index (χ4n) is 2.49. The van der Waals surface area contributed by atoms with Crippen LogP contribution in [0, 0.1) is 17.0 Å². The van der Waals surface area contributed by atoms with E-state index in [1.54, 1.807) is 23.9 Å². The molecule has 8 heteroatoms. The van der Waals surface area contributed by atoms with Gasteiger partial charge in [-0.25, -0.2) is 0 Å². The topological polar surface area (TPSA) is 83.1 Å². The molecule has 0 amide bonds. The molecule has 0 aliphatic heterocycles. The molecule has 27 heavy (non-hydrogen) atoms. The van der Waals surface area contributed by atoms with Crippen molar-refractivity contribution in [3.63, 3.8) is 0 Å². The summed E-state index contributed by atoms with van der Waals surface area (Å²) in [4.78, 5) is 10.2. The lowest BCUT2D eigenvalue weighted by Crippen LogP contribution is -2.05. The SMILES string of the molecule is Cc1nnc(SCCCOc2ccc([N+](=O)[O-])cc2)n1Cc1ccccc1. The van der Waals surface area contributed by atoms with Crippen LogP contribution < -0.4 is 4.74 Å². The number of aryl methyl sites for hydroxylation is 1. The van der Waals surface area contributed by atoms with E-state index < -0.39 is 4.92 Å². The number of hydrogen-bond acceptors (Lipinski definition) is 6. The normalized spacial score (nSPS) is 10.7. The third-order valence-corrected chi connectivity index (χ3v) is 4.97. The maximum Gasteiger partial charge on any atom is 0.269 e. The zero-order valence-corrected chi connectivity index (χ0v) is 15.8. The summed E-state index contributed by atoms with van der Waals surface area (Å²) in [7, 11) is 0. The summed E-state index contributed by atoms with van der Waals surface area (Å²) >= 11 is 1.65. The molecular weight excluding hydrogens is 364 g/mol. The molecule has 1 aromatic heterocycles. The quantitative estimate of drug-likeness (QED) is 0.239. The summed E-state index contributed by atoms with van der Waals surface area (Å²) in [5, 5.41) is 20.0. The minimum Gasteiger partial charge on any atom is -0.494 e. The number of ether oxygens (including phenoxy) is 1. The molecule has 0 saturated heterocycles. The van der Waals surface area contributed by atoms with Gasteiger partial charge < -0.3 is 9.30 Å². The summed E-state index contributed by atoms with van der Waals surface area (Å²) in [5.41, 5.74) is 1.27. The van der Waals surface area contributed by atoms with Gasteiger partial charge in [0.25, 0.3) is 5.69 Å². The van der Waals surface area contributed by atoms with Crippen LogP contribution in [0.4, 0.5) is 5.69 Å². The molecular formula is C19H20N4O3S. The number of benzene rings is 2. The number of nitrogens with zero attached hydrogens (tertiary/aromatic N) is 4. The minimum atomic E-state index is -0.423. The Labute approximate surface area is 161 Å². The van der Waals surface area contributed by atoms with Gasteiger partial charge in [-0.05, 0) is 31.0 Å². The third-order valence-electron chi connectivity index (χ3n) is 3.92. The molecule has 0 saturated carbocycles. The molecule has 0 aliphatic carbocycles. The van der Waals surface area contributed by atoms with Gasteiger partial charge in [0, 0.05) is 17.9 Å². The average Bonchev–Trinajstić information content (AvgIpc) is 3.02. The second-order valence-electron chi connectivity index (χ2n) is 5.90. The molecule has 140 valence electrons. The number of thioether (sulfide) groups is 1. The highest BCUT2D eigenvalue weighted by Crippen LogP contribution is 2.20. The number of rotatable bonds is 9. The van der Waals surface area contributed by atoms with Crippen molar-refractivity contribution in [2.75, 3.05) is 12.4 Å². The molecule has 3 rings (SSSR count). The number of nitro groups is 1. The van der Waals surface area contributed by atoms with Crippen LogP contribution in [0.1, 0.15) is 17.8 Å². The Kier molecular flexibility index (Phi) is 6.43. The molecule has 1 heterocycles. The predicted octanol–water partition coefficient (Wildman–Crippen LogP) is 4.10. The zero-order chi connectivity index (χ0) is 19.1. The highest BCUT2D eigenvalue weighted by Gasteiger charge is 2.10. The van der Waals surface area contributed by atoms with Crippen molar-refractivity contribution in [3.05, 3.63) is 76.1 Å². The Morgan fingerprint density at radius 2 is 1.85 bits per heavy atom. The van der Waals surface area contributed by atoms with E-state index in [0.29, 0.717) is 12.4 Å². The van der Waals surface area contributed by atoms with Crippen molar-refractivity contribution in [3.8, 4) is 5.75 Å². The van der Waals surface area contributed by atoms with Crippen LogP contribution in [-0.2, 0) is 6.54 Å². The van der Waals surface area contributed by atoms with E-state index in [1.165, 1.54) is 17.7 Å². The van der Waals surface area contributed by atoms with Crippen LogP contribution in [0.15, 0.2) is 59.8 Å². The maximum atomic E-state index is 10.6. The van der Waals surface area contributed by atoms with Gasteiger partial charge in [0.05, 0.1) is 18.1 Å². The van der Waals surface area contributed by atoms with E-state index in [2.05, 4.69) is 26.9 Å². The Hall–Kier alpha value is -2.87. The van der Waals surface area contributed by atoms with E-state index in [1.807, 2.05) is 25.1 Å². The lowest BCUT2D eigenvalue weighted by Gasteiger charge is -2.09. The molecule has 0 radical (unpaired) electrons. The monoisotopic (exact) mass is 384 g/mol. The third kappa shape index (κ3) is 5.30. The smallest absolute Gasteiger partial charge is 0.269 e. The van der Waals surface area contributed by atoms with Gasteiger partial charge >= 0.3 is 0 Å². The summed E-state index contributed by atoms with van der Waals surface area (Å²) in [5.74, 6) is 2.37. The number of hydrogen-bond donors (Lipinski definition) is 0. The van der Waals surface area contributed by atoms with Crippen LogP contribution >= 0.6 is 11.8 Å². The Bertz CT molecular complexity index is 882. The van der Waals surface area contributed by atoms with Crippen LogP contribution in [0.3, 0.4) is 0 Å². The highest BCUT2D eigenvalue weighted by molar-refractivity contribution is 7.99. The molecule has 0 unspecified atom stereocenters. The van der Waals surface area contributed by atoms with E-state index in [4.69, 9.17) is 4.74 Å². The Morgan fingerprint density at radius 1 is 1.11 bits per heavy atom. The van der Waals surface area contributed by atoms with Crippen molar-refractivity contribution < 1.29 is 9.66 Å². The van der Waals surface area contributed by atoms with E-state index in [-0.39, 0.29) is 5.69 Å². The minimum absolute atomic E-state index is 0.0611.